The van der Waals surface area contributed by atoms with Gasteiger partial charge in [0.15, 0.2) is 0 Å². The Labute approximate surface area is 125 Å². The van der Waals surface area contributed by atoms with Gasteiger partial charge in [0.1, 0.15) is 0 Å². The molecule has 0 bridgehead atoms. The highest BCUT2D eigenvalue weighted by molar-refractivity contribution is 6.36. The van der Waals surface area contributed by atoms with E-state index in [0.717, 1.165) is 54.6 Å². The molecule has 1 saturated heterocycles. The maximum Gasteiger partial charge on any atom is 0.0468 e. The highest BCUT2D eigenvalue weighted by Crippen LogP contribution is 2.36. The lowest BCUT2D eigenvalue weighted by atomic mass is 9.99. The van der Waals surface area contributed by atoms with Crippen molar-refractivity contribution >= 4 is 23.2 Å². The van der Waals surface area contributed by atoms with Gasteiger partial charge in [-0.2, -0.15) is 0 Å². The minimum Gasteiger partial charge on any atom is -0.314 e. The highest BCUT2D eigenvalue weighted by atomic mass is 35.5. The molecule has 1 aliphatic heterocycles. The summed E-state index contributed by atoms with van der Waals surface area (Å²) in [5.74, 6) is 0. The molecular weight excluding hydrogens is 279 g/mol. The standard InChI is InChI=1S/C15H20Cl2N2/c1-2-3-7-14(19-10-8-18-9-11-19)15-12(16)5-4-6-13(15)17/h2,4-6,14,18H,1,3,7-11H2/t14-/m0/s1. The third-order valence-corrected chi connectivity index (χ3v) is 4.23. The van der Waals surface area contributed by atoms with Crippen LogP contribution in [0.15, 0.2) is 30.9 Å². The van der Waals surface area contributed by atoms with Gasteiger partial charge in [-0.25, -0.2) is 0 Å². The van der Waals surface area contributed by atoms with E-state index in [2.05, 4.69) is 16.8 Å². The molecule has 0 amide bonds. The molecule has 1 atom stereocenters. The Morgan fingerprint density at radius 2 is 1.89 bits per heavy atom. The van der Waals surface area contributed by atoms with Crippen LogP contribution in [0.5, 0.6) is 0 Å². The van der Waals surface area contributed by atoms with E-state index in [1.165, 1.54) is 0 Å². The lowest BCUT2D eigenvalue weighted by molar-refractivity contribution is 0.166. The average molecular weight is 299 g/mol. The van der Waals surface area contributed by atoms with Gasteiger partial charge in [-0.1, -0.05) is 35.3 Å². The monoisotopic (exact) mass is 298 g/mol. The van der Waals surface area contributed by atoms with Crippen LogP contribution < -0.4 is 5.32 Å². The van der Waals surface area contributed by atoms with Gasteiger partial charge < -0.3 is 5.32 Å². The van der Waals surface area contributed by atoms with Crippen LogP contribution in [0.3, 0.4) is 0 Å². The Morgan fingerprint density at radius 1 is 1.26 bits per heavy atom. The fraction of sp³-hybridized carbons (Fsp3) is 0.467. The van der Waals surface area contributed by atoms with Crippen LogP contribution in [0.2, 0.25) is 10.0 Å². The normalized spacial score (nSPS) is 18.2. The lowest BCUT2D eigenvalue weighted by Crippen LogP contribution is -2.45. The number of hydrogen-bond donors (Lipinski definition) is 1. The summed E-state index contributed by atoms with van der Waals surface area (Å²) < 4.78 is 0. The molecule has 1 aromatic rings. The summed E-state index contributed by atoms with van der Waals surface area (Å²) in [4.78, 5) is 2.47. The van der Waals surface area contributed by atoms with Crippen LogP contribution in [0.25, 0.3) is 0 Å². The summed E-state index contributed by atoms with van der Waals surface area (Å²) in [6.45, 7) is 7.92. The summed E-state index contributed by atoms with van der Waals surface area (Å²) in [6.07, 6.45) is 3.93. The number of hydrogen-bond acceptors (Lipinski definition) is 2. The van der Waals surface area contributed by atoms with Crippen LogP contribution in [0.1, 0.15) is 24.4 Å². The van der Waals surface area contributed by atoms with Crippen LogP contribution in [-0.4, -0.2) is 31.1 Å². The first-order valence-electron chi connectivity index (χ1n) is 6.73. The molecule has 0 aliphatic carbocycles. The molecule has 1 heterocycles. The molecule has 2 rings (SSSR count). The van der Waals surface area contributed by atoms with Crippen LogP contribution in [0, 0.1) is 0 Å². The Morgan fingerprint density at radius 3 is 2.47 bits per heavy atom. The maximum absolute atomic E-state index is 6.37. The summed E-state index contributed by atoms with van der Waals surface area (Å²) in [5.41, 5.74) is 1.06. The van der Waals surface area contributed by atoms with Crippen molar-refractivity contribution in [2.24, 2.45) is 0 Å². The number of nitrogens with zero attached hydrogens (tertiary/aromatic N) is 1. The predicted molar refractivity (Wildman–Crippen MR) is 83.1 cm³/mol. The van der Waals surface area contributed by atoms with Crippen molar-refractivity contribution in [1.82, 2.24) is 10.2 Å². The van der Waals surface area contributed by atoms with Crippen molar-refractivity contribution in [3.8, 4) is 0 Å². The Hall–Kier alpha value is -0.540. The largest absolute Gasteiger partial charge is 0.314 e. The number of piperazine rings is 1. The second kappa shape index (κ2) is 7.30. The van der Waals surface area contributed by atoms with Crippen molar-refractivity contribution in [1.29, 1.82) is 0 Å². The van der Waals surface area contributed by atoms with Crippen molar-refractivity contribution in [3.05, 3.63) is 46.5 Å². The zero-order valence-corrected chi connectivity index (χ0v) is 12.6. The third kappa shape index (κ3) is 3.73. The molecule has 4 heteroatoms. The lowest BCUT2D eigenvalue weighted by Gasteiger charge is -2.36. The van der Waals surface area contributed by atoms with Crippen molar-refractivity contribution < 1.29 is 0 Å². The molecule has 1 aromatic carbocycles. The van der Waals surface area contributed by atoms with Gasteiger partial charge >= 0.3 is 0 Å². The average Bonchev–Trinajstić information content (AvgIpc) is 2.43. The molecular formula is C15H20Cl2N2. The zero-order chi connectivity index (χ0) is 13.7. The molecule has 1 aliphatic rings. The van der Waals surface area contributed by atoms with E-state index in [1.807, 2.05) is 24.3 Å². The van der Waals surface area contributed by atoms with E-state index in [4.69, 9.17) is 23.2 Å². The van der Waals surface area contributed by atoms with E-state index in [1.54, 1.807) is 0 Å². The zero-order valence-electron chi connectivity index (χ0n) is 11.0. The van der Waals surface area contributed by atoms with Crippen LogP contribution >= 0.6 is 23.2 Å². The van der Waals surface area contributed by atoms with E-state index in [9.17, 15) is 0 Å². The first-order valence-corrected chi connectivity index (χ1v) is 7.49. The fourth-order valence-electron chi connectivity index (χ4n) is 2.61. The van der Waals surface area contributed by atoms with Crippen LogP contribution in [-0.2, 0) is 0 Å². The van der Waals surface area contributed by atoms with Crippen LogP contribution in [0.4, 0.5) is 0 Å². The third-order valence-electron chi connectivity index (χ3n) is 3.57. The molecule has 1 fully saturated rings. The summed E-state index contributed by atoms with van der Waals surface area (Å²) in [5, 5.41) is 4.91. The van der Waals surface area contributed by atoms with E-state index < -0.39 is 0 Å². The Kier molecular flexibility index (Phi) is 5.71. The molecule has 0 spiro atoms. The van der Waals surface area contributed by atoms with Gasteiger partial charge in [-0.15, -0.1) is 6.58 Å². The molecule has 0 unspecified atom stereocenters. The van der Waals surface area contributed by atoms with Gasteiger partial charge in [0.2, 0.25) is 0 Å². The SMILES string of the molecule is C=CCC[C@@H](c1c(Cl)cccc1Cl)N1CCNCC1. The minimum atomic E-state index is 0.279. The first kappa shape index (κ1) is 14.9. The van der Waals surface area contributed by atoms with E-state index in [0.29, 0.717) is 0 Å². The fourth-order valence-corrected chi connectivity index (χ4v) is 3.26. The summed E-state index contributed by atoms with van der Waals surface area (Å²) >= 11 is 12.7. The van der Waals surface area contributed by atoms with E-state index in [-0.39, 0.29) is 6.04 Å². The predicted octanol–water partition coefficient (Wildman–Crippen LogP) is 3.91. The van der Waals surface area contributed by atoms with Gasteiger partial charge in [-0.05, 0) is 25.0 Å². The topological polar surface area (TPSA) is 15.3 Å². The molecule has 0 radical (unpaired) electrons. The number of rotatable bonds is 5. The molecule has 19 heavy (non-hydrogen) atoms. The van der Waals surface area contributed by atoms with Crippen molar-refractivity contribution in [2.75, 3.05) is 26.2 Å². The smallest absolute Gasteiger partial charge is 0.0468 e. The number of halogens is 2. The molecule has 0 aromatic heterocycles. The molecule has 2 nitrogen and oxygen atoms in total. The molecule has 1 N–H and O–H groups in total. The second-order valence-electron chi connectivity index (χ2n) is 4.80. The Balaban J connectivity index is 2.27. The second-order valence-corrected chi connectivity index (χ2v) is 5.62. The van der Waals surface area contributed by atoms with Gasteiger partial charge in [0.25, 0.3) is 0 Å². The van der Waals surface area contributed by atoms with Crippen molar-refractivity contribution in [3.63, 3.8) is 0 Å². The Bertz CT molecular complexity index is 408. The molecule has 0 saturated carbocycles. The van der Waals surface area contributed by atoms with Crippen molar-refractivity contribution in [2.45, 2.75) is 18.9 Å². The minimum absolute atomic E-state index is 0.279. The number of allylic oxidation sites excluding steroid dienone is 1. The van der Waals surface area contributed by atoms with E-state index >= 15 is 0 Å². The molecule has 104 valence electrons. The van der Waals surface area contributed by atoms with Gasteiger partial charge in [-0.3, -0.25) is 4.90 Å². The number of benzene rings is 1. The maximum atomic E-state index is 6.37. The first-order chi connectivity index (χ1) is 9.24. The highest BCUT2D eigenvalue weighted by Gasteiger charge is 2.25. The quantitative estimate of drug-likeness (QED) is 0.829. The summed E-state index contributed by atoms with van der Waals surface area (Å²) in [7, 11) is 0. The van der Waals surface area contributed by atoms with Gasteiger partial charge in [0, 0.05) is 47.8 Å². The number of nitrogens with one attached hydrogen (secondary N) is 1. The van der Waals surface area contributed by atoms with Gasteiger partial charge in [0.05, 0.1) is 0 Å². The summed E-state index contributed by atoms with van der Waals surface area (Å²) in [6, 6.07) is 6.02.